The fraction of sp³-hybridized carbons (Fsp3) is 0.500. The van der Waals surface area contributed by atoms with Gasteiger partial charge < -0.3 is 5.73 Å². The van der Waals surface area contributed by atoms with Crippen molar-refractivity contribution < 1.29 is 12.8 Å². The van der Waals surface area contributed by atoms with Gasteiger partial charge in [-0.15, -0.1) is 0 Å². The lowest BCUT2D eigenvalue weighted by Crippen LogP contribution is -2.48. The number of sulfonamides is 1. The maximum absolute atomic E-state index is 13.7. The average molecular weight is 353 g/mol. The summed E-state index contributed by atoms with van der Waals surface area (Å²) in [5.74, 6) is -0.799. The molecule has 0 saturated carbocycles. The minimum atomic E-state index is -3.93. The predicted molar refractivity (Wildman–Crippen MR) is 76.7 cm³/mol. The van der Waals surface area contributed by atoms with E-state index in [1.54, 1.807) is 0 Å². The Bertz CT molecular complexity index is 555. The maximum atomic E-state index is 13.7. The summed E-state index contributed by atoms with van der Waals surface area (Å²) in [6.45, 7) is 5.74. The van der Waals surface area contributed by atoms with E-state index in [2.05, 4.69) is 20.7 Å². The van der Waals surface area contributed by atoms with Crippen LogP contribution in [0, 0.1) is 11.2 Å². The summed E-state index contributed by atoms with van der Waals surface area (Å²) in [6.07, 6.45) is 0. The lowest BCUT2D eigenvalue weighted by atomic mass is 9.88. The Morgan fingerprint density at radius 1 is 1.42 bits per heavy atom. The first-order valence-electron chi connectivity index (χ1n) is 5.75. The Balaban J connectivity index is 3.11. The molecule has 1 unspecified atom stereocenters. The number of rotatable bonds is 4. The minimum absolute atomic E-state index is 0.140. The van der Waals surface area contributed by atoms with Crippen LogP contribution in [0.25, 0.3) is 0 Å². The molecule has 0 radical (unpaired) electrons. The van der Waals surface area contributed by atoms with Crippen molar-refractivity contribution in [3.8, 4) is 0 Å². The van der Waals surface area contributed by atoms with Crippen molar-refractivity contribution in [2.24, 2.45) is 11.1 Å². The van der Waals surface area contributed by atoms with Gasteiger partial charge >= 0.3 is 0 Å². The Kier molecular flexibility index (Phi) is 5.11. The molecular weight excluding hydrogens is 335 g/mol. The van der Waals surface area contributed by atoms with Crippen LogP contribution in [0.1, 0.15) is 20.8 Å². The Morgan fingerprint density at radius 3 is 2.42 bits per heavy atom. The molecule has 19 heavy (non-hydrogen) atoms. The zero-order chi connectivity index (χ0) is 14.8. The molecule has 0 fully saturated rings. The molecule has 1 aromatic rings. The molecule has 0 heterocycles. The van der Waals surface area contributed by atoms with Gasteiger partial charge in [-0.2, -0.15) is 0 Å². The Labute approximate surface area is 121 Å². The largest absolute Gasteiger partial charge is 0.329 e. The highest BCUT2D eigenvalue weighted by Gasteiger charge is 2.29. The molecule has 0 amide bonds. The van der Waals surface area contributed by atoms with Crippen LogP contribution in [-0.2, 0) is 10.0 Å². The monoisotopic (exact) mass is 352 g/mol. The number of nitrogens with two attached hydrogens (primary N) is 1. The van der Waals surface area contributed by atoms with Crippen LogP contribution in [0.4, 0.5) is 4.39 Å². The summed E-state index contributed by atoms with van der Waals surface area (Å²) in [5.41, 5.74) is 5.22. The molecule has 0 aromatic heterocycles. The SMILES string of the molecule is CC(C)(C)C(CN)NS(=O)(=O)c1ccc(Br)cc1F. The van der Waals surface area contributed by atoms with E-state index in [4.69, 9.17) is 5.73 Å². The van der Waals surface area contributed by atoms with Crippen LogP contribution in [0.2, 0.25) is 0 Å². The molecule has 3 N–H and O–H groups in total. The summed E-state index contributed by atoms with van der Waals surface area (Å²) in [6, 6.07) is 3.34. The summed E-state index contributed by atoms with van der Waals surface area (Å²) in [4.78, 5) is -0.376. The van der Waals surface area contributed by atoms with Crippen LogP contribution < -0.4 is 10.5 Å². The van der Waals surface area contributed by atoms with E-state index in [0.717, 1.165) is 6.07 Å². The van der Waals surface area contributed by atoms with Crippen LogP contribution in [0.3, 0.4) is 0 Å². The number of nitrogens with one attached hydrogen (secondary N) is 1. The highest BCUT2D eigenvalue weighted by molar-refractivity contribution is 9.10. The number of hydrogen-bond acceptors (Lipinski definition) is 3. The molecule has 0 bridgehead atoms. The molecule has 1 atom stereocenters. The van der Waals surface area contributed by atoms with Gasteiger partial charge in [-0.05, 0) is 23.6 Å². The third-order valence-corrected chi connectivity index (χ3v) is 4.76. The second-order valence-corrected chi connectivity index (χ2v) is 7.95. The van der Waals surface area contributed by atoms with Gasteiger partial charge in [0.2, 0.25) is 10.0 Å². The second kappa shape index (κ2) is 5.87. The zero-order valence-electron chi connectivity index (χ0n) is 11.1. The molecular formula is C12H18BrFN2O2S. The number of benzene rings is 1. The quantitative estimate of drug-likeness (QED) is 0.872. The lowest BCUT2D eigenvalue weighted by Gasteiger charge is -2.30. The van der Waals surface area contributed by atoms with E-state index in [1.807, 2.05) is 20.8 Å². The highest BCUT2D eigenvalue weighted by atomic mass is 79.9. The van der Waals surface area contributed by atoms with Gasteiger partial charge in [0, 0.05) is 17.1 Å². The van der Waals surface area contributed by atoms with Crippen LogP contribution >= 0.6 is 15.9 Å². The smallest absolute Gasteiger partial charge is 0.243 e. The van der Waals surface area contributed by atoms with Gasteiger partial charge in [0.1, 0.15) is 10.7 Å². The van der Waals surface area contributed by atoms with Crippen molar-refractivity contribution in [2.45, 2.75) is 31.7 Å². The van der Waals surface area contributed by atoms with Crippen molar-refractivity contribution in [1.29, 1.82) is 0 Å². The molecule has 1 aromatic carbocycles. The zero-order valence-corrected chi connectivity index (χ0v) is 13.5. The first kappa shape index (κ1) is 16.6. The summed E-state index contributed by atoms with van der Waals surface area (Å²) < 4.78 is 41.0. The van der Waals surface area contributed by atoms with E-state index in [-0.39, 0.29) is 16.9 Å². The van der Waals surface area contributed by atoms with Crippen LogP contribution in [-0.4, -0.2) is 21.0 Å². The first-order chi connectivity index (χ1) is 8.58. The van der Waals surface area contributed by atoms with Crippen molar-refractivity contribution in [3.63, 3.8) is 0 Å². The first-order valence-corrected chi connectivity index (χ1v) is 8.03. The fourth-order valence-electron chi connectivity index (χ4n) is 1.52. The molecule has 0 aliphatic rings. The van der Waals surface area contributed by atoms with E-state index < -0.39 is 21.9 Å². The molecule has 0 spiro atoms. The maximum Gasteiger partial charge on any atom is 0.243 e. The third kappa shape index (κ3) is 4.24. The van der Waals surface area contributed by atoms with Crippen molar-refractivity contribution >= 4 is 26.0 Å². The van der Waals surface area contributed by atoms with Gasteiger partial charge in [-0.25, -0.2) is 17.5 Å². The molecule has 0 saturated heterocycles. The van der Waals surface area contributed by atoms with Crippen LogP contribution in [0.15, 0.2) is 27.6 Å². The predicted octanol–water partition coefficient (Wildman–Crippen LogP) is 2.24. The van der Waals surface area contributed by atoms with Crippen LogP contribution in [0.5, 0.6) is 0 Å². The molecule has 0 aliphatic carbocycles. The topological polar surface area (TPSA) is 72.2 Å². The summed E-state index contributed by atoms with van der Waals surface area (Å²) >= 11 is 3.08. The van der Waals surface area contributed by atoms with Gasteiger partial charge in [0.15, 0.2) is 0 Å². The molecule has 0 aliphatic heterocycles. The molecule has 108 valence electrons. The van der Waals surface area contributed by atoms with Crippen molar-refractivity contribution in [2.75, 3.05) is 6.54 Å². The minimum Gasteiger partial charge on any atom is -0.329 e. The molecule has 1 rings (SSSR count). The highest BCUT2D eigenvalue weighted by Crippen LogP contribution is 2.23. The molecule has 7 heteroatoms. The van der Waals surface area contributed by atoms with Gasteiger partial charge in [-0.1, -0.05) is 36.7 Å². The van der Waals surface area contributed by atoms with Gasteiger partial charge in [0.25, 0.3) is 0 Å². The van der Waals surface area contributed by atoms with E-state index in [0.29, 0.717) is 4.47 Å². The van der Waals surface area contributed by atoms with Gasteiger partial charge in [0.05, 0.1) is 0 Å². The summed E-state index contributed by atoms with van der Waals surface area (Å²) in [7, 11) is -3.93. The molecule has 4 nitrogen and oxygen atoms in total. The Hall–Kier alpha value is -0.500. The average Bonchev–Trinajstić information content (AvgIpc) is 2.23. The van der Waals surface area contributed by atoms with Gasteiger partial charge in [-0.3, -0.25) is 0 Å². The van der Waals surface area contributed by atoms with Crippen molar-refractivity contribution in [3.05, 3.63) is 28.5 Å². The third-order valence-electron chi connectivity index (χ3n) is 2.76. The number of halogens is 2. The fourth-order valence-corrected chi connectivity index (χ4v) is 3.37. The standard InChI is InChI=1S/C12H18BrFN2O2S/c1-12(2,3)11(7-15)16-19(17,18)10-5-4-8(13)6-9(10)14/h4-6,11,16H,7,15H2,1-3H3. The summed E-state index contributed by atoms with van der Waals surface area (Å²) in [5, 5.41) is 0. The normalized spacial score (nSPS) is 14.4. The Morgan fingerprint density at radius 2 is 2.00 bits per heavy atom. The van der Waals surface area contributed by atoms with Crippen molar-refractivity contribution in [1.82, 2.24) is 4.72 Å². The number of hydrogen-bond donors (Lipinski definition) is 2. The second-order valence-electron chi connectivity index (χ2n) is 5.35. The lowest BCUT2D eigenvalue weighted by molar-refractivity contribution is 0.304. The van der Waals surface area contributed by atoms with E-state index in [1.165, 1.54) is 12.1 Å². The van der Waals surface area contributed by atoms with E-state index >= 15 is 0 Å². The van der Waals surface area contributed by atoms with E-state index in [9.17, 15) is 12.8 Å².